The van der Waals surface area contributed by atoms with E-state index in [9.17, 15) is 14.4 Å². The van der Waals surface area contributed by atoms with Crippen molar-refractivity contribution < 1.29 is 28.6 Å². The number of carboxylic acids is 1. The number of carbonyl (C=O) groups is 3. The molecule has 0 spiro atoms. The number of hydrogen-bond donors (Lipinski definition) is 2. The number of amides is 1. The number of carbonyl (C=O) groups excluding carboxylic acids is 2. The average molecular weight is 558 g/mol. The van der Waals surface area contributed by atoms with Crippen molar-refractivity contribution in [2.75, 3.05) is 39.3 Å². The quantitative estimate of drug-likeness (QED) is 0.319. The van der Waals surface area contributed by atoms with E-state index in [2.05, 4.69) is 20.2 Å². The minimum absolute atomic E-state index is 0.159. The number of nitrogens with one attached hydrogen (secondary N) is 1. The molecule has 2 aromatic rings. The van der Waals surface area contributed by atoms with Crippen LogP contribution in [0.15, 0.2) is 52.1 Å². The molecule has 208 valence electrons. The molecule has 3 heterocycles. The van der Waals surface area contributed by atoms with E-state index in [0.717, 1.165) is 5.56 Å². The first-order valence-electron chi connectivity index (χ1n) is 12.7. The standard InChI is InChI=1S/C27H32FN5O5S/c1-3-38-26(37)21-12-30-23(24-29-9-11-39-24)31-22(21)16-32-10-8-27(2,28)20(14-32)15-33(17-34)13-18-4-6-19(7-5-18)25(35)36/h4-7,9,11,17,20H,3,8,10,12-16H2,1-2H3,(H,30,31)(H,35,36). The first-order chi connectivity index (χ1) is 18.7. The monoisotopic (exact) mass is 557 g/mol. The molecule has 39 heavy (non-hydrogen) atoms. The number of aromatic nitrogens is 1. The Morgan fingerprint density at radius 1 is 1.36 bits per heavy atom. The number of rotatable bonds is 11. The van der Waals surface area contributed by atoms with E-state index < -0.39 is 23.5 Å². The zero-order valence-electron chi connectivity index (χ0n) is 21.9. The second-order valence-corrected chi connectivity index (χ2v) is 10.7. The van der Waals surface area contributed by atoms with Gasteiger partial charge in [0.2, 0.25) is 6.41 Å². The molecule has 4 rings (SSSR count). The number of piperidine rings is 1. The number of carboxylic acid groups (broad SMARTS) is 1. The zero-order chi connectivity index (χ0) is 28.0. The largest absolute Gasteiger partial charge is 0.478 e. The van der Waals surface area contributed by atoms with Gasteiger partial charge in [-0.25, -0.2) is 19.0 Å². The van der Waals surface area contributed by atoms with Crippen LogP contribution in [0.2, 0.25) is 0 Å². The number of amidine groups is 1. The lowest BCUT2D eigenvalue weighted by molar-refractivity contribution is -0.138. The van der Waals surface area contributed by atoms with E-state index >= 15 is 4.39 Å². The van der Waals surface area contributed by atoms with Gasteiger partial charge in [0.25, 0.3) is 0 Å². The number of alkyl halides is 1. The minimum Gasteiger partial charge on any atom is -0.478 e. The topological polar surface area (TPSA) is 124 Å². The third kappa shape index (κ3) is 7.07. The molecule has 10 nitrogen and oxygen atoms in total. The molecule has 0 radical (unpaired) electrons. The summed E-state index contributed by atoms with van der Waals surface area (Å²) in [6.45, 7) is 5.36. The van der Waals surface area contributed by atoms with E-state index in [1.807, 2.05) is 5.38 Å². The van der Waals surface area contributed by atoms with Crippen molar-refractivity contribution in [2.45, 2.75) is 32.5 Å². The van der Waals surface area contributed by atoms with Crippen LogP contribution >= 0.6 is 11.3 Å². The Labute approximate surface area is 230 Å². The number of ether oxygens (including phenoxy) is 1. The summed E-state index contributed by atoms with van der Waals surface area (Å²) < 4.78 is 20.9. The Bertz CT molecular complexity index is 1250. The van der Waals surface area contributed by atoms with Crippen LogP contribution in [0.5, 0.6) is 0 Å². The first kappa shape index (κ1) is 28.4. The van der Waals surface area contributed by atoms with Crippen molar-refractivity contribution >= 4 is 35.5 Å². The number of esters is 1. The van der Waals surface area contributed by atoms with E-state index in [-0.39, 0.29) is 38.2 Å². The molecule has 0 saturated carbocycles. The summed E-state index contributed by atoms with van der Waals surface area (Å²) >= 11 is 1.44. The van der Waals surface area contributed by atoms with E-state index in [0.29, 0.717) is 48.2 Å². The van der Waals surface area contributed by atoms with Crippen LogP contribution in [0.3, 0.4) is 0 Å². The molecule has 2 N–H and O–H groups in total. The number of aromatic carboxylic acids is 1. The number of thiazole rings is 1. The molecule has 2 aliphatic rings. The number of hydrogen-bond acceptors (Lipinski definition) is 9. The summed E-state index contributed by atoms with van der Waals surface area (Å²) in [5.74, 6) is -1.36. The summed E-state index contributed by atoms with van der Waals surface area (Å²) in [5, 5.41) is 14.9. The number of likely N-dealkylation sites (tertiary alicyclic amines) is 1. The number of aliphatic imine (C=N–C) groups is 1. The molecular weight excluding hydrogens is 525 g/mol. The summed E-state index contributed by atoms with van der Waals surface area (Å²) in [5.41, 5.74) is 0.510. The highest BCUT2D eigenvalue weighted by molar-refractivity contribution is 7.11. The highest BCUT2D eigenvalue weighted by atomic mass is 32.1. The van der Waals surface area contributed by atoms with Crippen LogP contribution in [0.4, 0.5) is 4.39 Å². The Hall–Kier alpha value is -3.64. The minimum atomic E-state index is -1.49. The molecule has 0 bridgehead atoms. The first-order valence-corrected chi connectivity index (χ1v) is 13.6. The van der Waals surface area contributed by atoms with Gasteiger partial charge in [-0.1, -0.05) is 12.1 Å². The van der Waals surface area contributed by atoms with Gasteiger partial charge in [-0.15, -0.1) is 11.3 Å². The Morgan fingerprint density at radius 3 is 2.77 bits per heavy atom. The molecule has 2 unspecified atom stereocenters. The van der Waals surface area contributed by atoms with Gasteiger partial charge in [-0.05, 0) is 38.0 Å². The molecule has 2 aliphatic heterocycles. The second kappa shape index (κ2) is 12.5. The van der Waals surface area contributed by atoms with Crippen molar-refractivity contribution in [1.82, 2.24) is 20.1 Å². The lowest BCUT2D eigenvalue weighted by atomic mass is 9.83. The second-order valence-electron chi connectivity index (χ2n) is 9.80. The third-order valence-corrected chi connectivity index (χ3v) is 7.78. The van der Waals surface area contributed by atoms with Crippen molar-refractivity contribution in [3.05, 3.63) is 63.2 Å². The van der Waals surface area contributed by atoms with Gasteiger partial charge in [0.05, 0.1) is 24.3 Å². The fraction of sp³-hybridized carbons (Fsp3) is 0.444. The molecule has 0 aliphatic carbocycles. The van der Waals surface area contributed by atoms with Gasteiger partial charge < -0.3 is 20.1 Å². The smallest absolute Gasteiger partial charge is 0.337 e. The number of benzene rings is 1. The Morgan fingerprint density at radius 2 is 2.13 bits per heavy atom. The predicted octanol–water partition coefficient (Wildman–Crippen LogP) is 2.72. The lowest BCUT2D eigenvalue weighted by Gasteiger charge is -2.43. The number of nitrogens with zero attached hydrogens (tertiary/aromatic N) is 4. The fourth-order valence-electron chi connectivity index (χ4n) is 4.72. The van der Waals surface area contributed by atoms with Crippen LogP contribution in [0, 0.1) is 5.92 Å². The van der Waals surface area contributed by atoms with Gasteiger partial charge in [0.1, 0.15) is 5.67 Å². The van der Waals surface area contributed by atoms with Crippen LogP contribution in [0.1, 0.15) is 41.2 Å². The van der Waals surface area contributed by atoms with Gasteiger partial charge in [0, 0.05) is 55.9 Å². The summed E-state index contributed by atoms with van der Waals surface area (Å²) in [6, 6.07) is 6.28. The molecule has 1 aromatic heterocycles. The molecule has 1 fully saturated rings. The summed E-state index contributed by atoms with van der Waals surface area (Å²) in [4.78, 5) is 48.1. The predicted molar refractivity (Wildman–Crippen MR) is 144 cm³/mol. The molecular formula is C27H32FN5O5S. The van der Waals surface area contributed by atoms with Gasteiger partial charge in [0.15, 0.2) is 10.8 Å². The summed E-state index contributed by atoms with van der Waals surface area (Å²) in [7, 11) is 0. The number of halogens is 1. The zero-order valence-corrected chi connectivity index (χ0v) is 22.7. The van der Waals surface area contributed by atoms with Gasteiger partial charge in [-0.3, -0.25) is 14.7 Å². The molecule has 1 amide bonds. The van der Waals surface area contributed by atoms with E-state index in [1.165, 1.54) is 28.4 Å². The van der Waals surface area contributed by atoms with Gasteiger partial charge in [-0.2, -0.15) is 0 Å². The SMILES string of the molecule is CCOC(=O)C1=C(CN2CCC(C)(F)C(CN(C=O)Cc3ccc(C(=O)O)cc3)C2)NC(c2nccs2)=NC1. The van der Waals surface area contributed by atoms with Crippen molar-refractivity contribution in [2.24, 2.45) is 10.9 Å². The highest BCUT2D eigenvalue weighted by Crippen LogP contribution is 2.33. The maximum Gasteiger partial charge on any atom is 0.337 e. The van der Waals surface area contributed by atoms with Crippen molar-refractivity contribution in [1.29, 1.82) is 0 Å². The van der Waals surface area contributed by atoms with Crippen LogP contribution in [-0.4, -0.2) is 89.1 Å². The van der Waals surface area contributed by atoms with Crippen LogP contribution in [0.25, 0.3) is 0 Å². The van der Waals surface area contributed by atoms with Crippen LogP contribution in [-0.2, 0) is 20.9 Å². The van der Waals surface area contributed by atoms with Crippen molar-refractivity contribution in [3.63, 3.8) is 0 Å². The Kier molecular flexibility index (Phi) is 9.08. The third-order valence-electron chi connectivity index (χ3n) is 7.00. The molecule has 1 saturated heterocycles. The normalized spacial score (nSPS) is 21.6. The molecule has 12 heteroatoms. The molecule has 2 atom stereocenters. The van der Waals surface area contributed by atoms with Crippen LogP contribution < -0.4 is 5.32 Å². The van der Waals surface area contributed by atoms with E-state index in [4.69, 9.17) is 9.84 Å². The van der Waals surface area contributed by atoms with E-state index in [1.54, 1.807) is 32.2 Å². The molecule has 1 aromatic carbocycles. The summed E-state index contributed by atoms with van der Waals surface area (Å²) in [6.07, 6.45) is 2.65. The fourth-order valence-corrected chi connectivity index (χ4v) is 5.32. The van der Waals surface area contributed by atoms with Crippen molar-refractivity contribution in [3.8, 4) is 0 Å². The maximum atomic E-state index is 15.7. The maximum absolute atomic E-state index is 15.7. The average Bonchev–Trinajstić information content (AvgIpc) is 3.46. The van der Waals surface area contributed by atoms with Gasteiger partial charge >= 0.3 is 11.9 Å². The Balaban J connectivity index is 1.46. The lowest BCUT2D eigenvalue weighted by Crippen LogP contribution is -2.53. The highest BCUT2D eigenvalue weighted by Gasteiger charge is 2.41.